The van der Waals surface area contributed by atoms with E-state index in [1.807, 2.05) is 30.3 Å². The number of rotatable bonds is 8. The van der Waals surface area contributed by atoms with Crippen LogP contribution in [0.25, 0.3) is 0 Å². The van der Waals surface area contributed by atoms with E-state index in [9.17, 15) is 23.4 Å². The van der Waals surface area contributed by atoms with Crippen molar-refractivity contribution in [2.75, 3.05) is 20.1 Å². The Kier molecular flexibility index (Phi) is 8.41. The number of carboxylic acid groups (broad SMARTS) is 1. The molecule has 3 unspecified atom stereocenters. The van der Waals surface area contributed by atoms with Gasteiger partial charge in [-0.1, -0.05) is 49.4 Å². The molecule has 0 bridgehead atoms. The van der Waals surface area contributed by atoms with Crippen molar-refractivity contribution in [1.82, 2.24) is 14.0 Å². The maximum atomic E-state index is 13.2. The normalized spacial score (nSPS) is 17.9. The molecule has 2 aromatic rings. The van der Waals surface area contributed by atoms with Crippen LogP contribution >= 0.6 is 0 Å². The van der Waals surface area contributed by atoms with Crippen molar-refractivity contribution >= 4 is 27.8 Å². The Balaban J connectivity index is 1.97. The third-order valence-corrected chi connectivity index (χ3v) is 7.29. The van der Waals surface area contributed by atoms with Gasteiger partial charge in [-0.05, 0) is 30.2 Å². The van der Waals surface area contributed by atoms with Crippen molar-refractivity contribution in [2.24, 2.45) is 10.1 Å². The lowest BCUT2D eigenvalue weighted by Crippen LogP contribution is -2.56. The molecular formula is C24H28N6O5S. The van der Waals surface area contributed by atoms with E-state index >= 15 is 0 Å². The first-order valence-corrected chi connectivity index (χ1v) is 12.7. The molecule has 0 aromatic heterocycles. The molecule has 0 amide bonds. The number of hydrogen-bond donors (Lipinski definition) is 3. The van der Waals surface area contributed by atoms with E-state index < -0.39 is 28.3 Å². The van der Waals surface area contributed by atoms with Crippen molar-refractivity contribution in [3.8, 4) is 6.07 Å². The second kappa shape index (κ2) is 11.3. The van der Waals surface area contributed by atoms with Gasteiger partial charge in [0.1, 0.15) is 6.04 Å². The largest absolute Gasteiger partial charge is 0.480 e. The standard InChI is InChI=1S/C24H28N6O5S/c1-4-30(22(16(2)31)23(32)33)36(34,35)28-24(26-3)29-15-20(18-8-6-5-7-9-18)21(27-29)19-12-10-17(14-25)11-13-19/h5-13,16,20,22,31H,4,15H2,1-3H3,(H,26,28)(H,32,33). The van der Waals surface area contributed by atoms with Gasteiger partial charge in [-0.3, -0.25) is 9.79 Å². The van der Waals surface area contributed by atoms with Gasteiger partial charge in [-0.25, -0.2) is 9.73 Å². The number of nitrogens with one attached hydrogen (secondary N) is 1. The lowest BCUT2D eigenvalue weighted by molar-refractivity contribution is -0.144. The van der Waals surface area contributed by atoms with Crippen molar-refractivity contribution in [2.45, 2.75) is 31.9 Å². The summed E-state index contributed by atoms with van der Waals surface area (Å²) in [4.78, 5) is 15.7. The second-order valence-corrected chi connectivity index (χ2v) is 9.72. The zero-order chi connectivity index (χ0) is 26.5. The number of likely N-dealkylation sites (N-methyl/N-ethyl adjacent to an activating group) is 1. The minimum absolute atomic E-state index is 0.104. The maximum absolute atomic E-state index is 13.2. The lowest BCUT2D eigenvalue weighted by atomic mass is 9.90. The number of carboxylic acids is 1. The summed E-state index contributed by atoms with van der Waals surface area (Å²) >= 11 is 0. The molecule has 12 heteroatoms. The molecule has 0 radical (unpaired) electrons. The topological polar surface area (TPSA) is 159 Å². The van der Waals surface area contributed by atoms with Gasteiger partial charge in [-0.2, -0.15) is 23.1 Å². The van der Waals surface area contributed by atoms with Crippen molar-refractivity contribution in [3.63, 3.8) is 0 Å². The van der Waals surface area contributed by atoms with Crippen LogP contribution in [0.5, 0.6) is 0 Å². The number of hydrogen-bond acceptors (Lipinski definition) is 7. The molecule has 0 fully saturated rings. The summed E-state index contributed by atoms with van der Waals surface area (Å²) in [6, 6.07) is 16.9. The van der Waals surface area contributed by atoms with E-state index in [0.29, 0.717) is 15.6 Å². The monoisotopic (exact) mass is 512 g/mol. The molecule has 1 aliphatic rings. The number of benzene rings is 2. The highest BCUT2D eigenvalue weighted by atomic mass is 32.2. The minimum atomic E-state index is -4.42. The van der Waals surface area contributed by atoms with E-state index in [1.165, 1.54) is 25.9 Å². The van der Waals surface area contributed by atoms with Crippen LogP contribution in [0.3, 0.4) is 0 Å². The summed E-state index contributed by atoms with van der Waals surface area (Å²) < 4.78 is 29.3. The molecule has 3 N–H and O–H groups in total. The molecule has 0 aliphatic carbocycles. The minimum Gasteiger partial charge on any atom is -0.480 e. The SMILES string of the molecule is CCN(C(C(=O)O)C(C)O)S(=O)(=O)NC(=NC)N1CC(c2ccccc2)C(c2ccc(C#N)cc2)=N1. The molecule has 2 aromatic carbocycles. The third-order valence-electron chi connectivity index (χ3n) is 5.74. The molecule has 36 heavy (non-hydrogen) atoms. The first-order valence-electron chi connectivity index (χ1n) is 11.2. The van der Waals surface area contributed by atoms with Crippen molar-refractivity contribution in [3.05, 3.63) is 71.3 Å². The molecule has 11 nitrogen and oxygen atoms in total. The average Bonchev–Trinajstić information content (AvgIpc) is 3.31. The summed E-state index contributed by atoms with van der Waals surface area (Å²) in [6.45, 7) is 2.76. The van der Waals surface area contributed by atoms with Gasteiger partial charge in [0, 0.05) is 19.5 Å². The lowest BCUT2D eigenvalue weighted by Gasteiger charge is -2.30. The average molecular weight is 513 g/mol. The van der Waals surface area contributed by atoms with E-state index in [2.05, 4.69) is 20.9 Å². The van der Waals surface area contributed by atoms with Gasteiger partial charge in [-0.15, -0.1) is 0 Å². The molecule has 1 aliphatic heterocycles. The Labute approximate surface area is 210 Å². The summed E-state index contributed by atoms with van der Waals surface area (Å²) in [5, 5.41) is 34.6. The zero-order valence-corrected chi connectivity index (χ0v) is 20.9. The van der Waals surface area contributed by atoms with Crippen molar-refractivity contribution in [1.29, 1.82) is 5.26 Å². The van der Waals surface area contributed by atoms with E-state index in [-0.39, 0.29) is 25.0 Å². The van der Waals surface area contributed by atoms with Gasteiger partial charge in [0.15, 0.2) is 0 Å². The number of aliphatic imine (C=N–C) groups is 1. The highest BCUT2D eigenvalue weighted by molar-refractivity contribution is 7.87. The van der Waals surface area contributed by atoms with E-state index in [4.69, 9.17) is 5.26 Å². The van der Waals surface area contributed by atoms with Crippen LogP contribution in [0, 0.1) is 11.3 Å². The summed E-state index contributed by atoms with van der Waals surface area (Å²) in [6.07, 6.45) is -1.45. The predicted molar refractivity (Wildman–Crippen MR) is 134 cm³/mol. The van der Waals surface area contributed by atoms with Crippen LogP contribution in [0.4, 0.5) is 0 Å². The fourth-order valence-electron chi connectivity index (χ4n) is 4.03. The Hall–Kier alpha value is -3.79. The molecule has 0 saturated heterocycles. The number of nitrogens with zero attached hydrogens (tertiary/aromatic N) is 5. The summed E-state index contributed by atoms with van der Waals surface area (Å²) in [7, 11) is -3.03. The quantitative estimate of drug-likeness (QED) is 0.355. The van der Waals surface area contributed by atoms with Crippen LogP contribution in [0.2, 0.25) is 0 Å². The molecular weight excluding hydrogens is 484 g/mol. The third kappa shape index (κ3) is 5.71. The zero-order valence-electron chi connectivity index (χ0n) is 20.1. The second-order valence-electron chi connectivity index (χ2n) is 8.10. The Bertz CT molecular complexity index is 1290. The summed E-state index contributed by atoms with van der Waals surface area (Å²) in [5.41, 5.74) is 2.88. The Morgan fingerprint density at radius 2 is 1.92 bits per heavy atom. The Morgan fingerprint density at radius 3 is 2.42 bits per heavy atom. The number of carbonyl (C=O) groups is 1. The van der Waals surface area contributed by atoms with Crippen molar-refractivity contribution < 1.29 is 23.4 Å². The molecule has 0 saturated carbocycles. The molecule has 3 atom stereocenters. The van der Waals surface area contributed by atoms with Crippen LogP contribution in [-0.2, 0) is 15.0 Å². The first-order chi connectivity index (χ1) is 17.1. The molecule has 3 rings (SSSR count). The number of aliphatic hydroxyl groups excluding tert-OH is 1. The number of aliphatic hydroxyl groups is 1. The first kappa shape index (κ1) is 26.8. The predicted octanol–water partition coefficient (Wildman–Crippen LogP) is 1.34. The van der Waals surface area contributed by atoms with E-state index in [0.717, 1.165) is 11.1 Å². The summed E-state index contributed by atoms with van der Waals surface area (Å²) in [5.74, 6) is -1.81. The molecule has 0 spiro atoms. The van der Waals surface area contributed by atoms with Gasteiger partial charge >= 0.3 is 16.2 Å². The Morgan fingerprint density at radius 1 is 1.28 bits per heavy atom. The number of aliphatic carboxylic acids is 1. The highest BCUT2D eigenvalue weighted by Crippen LogP contribution is 2.29. The number of nitriles is 1. The maximum Gasteiger partial charge on any atom is 0.324 e. The molecule has 1 heterocycles. The van der Waals surface area contributed by atoms with Gasteiger partial charge in [0.25, 0.3) is 0 Å². The van der Waals surface area contributed by atoms with E-state index in [1.54, 1.807) is 24.3 Å². The van der Waals surface area contributed by atoms with Crippen LogP contribution in [0.1, 0.15) is 36.5 Å². The molecule has 190 valence electrons. The van der Waals surface area contributed by atoms with Crippen LogP contribution < -0.4 is 4.72 Å². The van der Waals surface area contributed by atoms with Crippen LogP contribution in [0.15, 0.2) is 64.7 Å². The fraction of sp³-hybridized carbons (Fsp3) is 0.333. The number of guanidine groups is 1. The van der Waals surface area contributed by atoms with Gasteiger partial charge in [0.2, 0.25) is 5.96 Å². The number of hydrazone groups is 1. The highest BCUT2D eigenvalue weighted by Gasteiger charge is 2.39. The fourth-order valence-corrected chi connectivity index (χ4v) is 5.48. The van der Waals surface area contributed by atoms with Crippen LogP contribution in [-0.4, -0.2) is 77.9 Å². The van der Waals surface area contributed by atoms with Gasteiger partial charge < -0.3 is 10.2 Å². The van der Waals surface area contributed by atoms with Gasteiger partial charge in [0.05, 0.1) is 30.0 Å². The smallest absolute Gasteiger partial charge is 0.324 e.